The molecule has 0 unspecified atom stereocenters. The van der Waals surface area contributed by atoms with Crippen LogP contribution in [0, 0.1) is 5.82 Å². The van der Waals surface area contributed by atoms with Crippen molar-refractivity contribution in [3.8, 4) is 22.7 Å². The lowest BCUT2D eigenvalue weighted by Gasteiger charge is -2.23. The molecule has 206 valence electrons. The average molecular weight is 569 g/mol. The smallest absolute Gasteiger partial charge is 0.257 e. The Bertz CT molecular complexity index is 1660. The number of carbonyl (C=O) groups excluding carboxylic acids is 2. The molecule has 1 heterocycles. The van der Waals surface area contributed by atoms with Gasteiger partial charge in [-0.15, -0.1) is 0 Å². The van der Waals surface area contributed by atoms with Crippen LogP contribution >= 0.6 is 11.6 Å². The predicted octanol–water partition coefficient (Wildman–Crippen LogP) is 6.62. The summed E-state index contributed by atoms with van der Waals surface area (Å²) in [6, 6.07) is 29.4. The van der Waals surface area contributed by atoms with Gasteiger partial charge in [-0.3, -0.25) is 19.5 Å². The fourth-order valence-corrected chi connectivity index (χ4v) is 4.44. The normalized spacial score (nSPS) is 10.7. The number of methoxy groups -OCH3 is 1. The number of hydrogen-bond acceptors (Lipinski definition) is 4. The molecule has 4 aromatic carbocycles. The zero-order valence-electron chi connectivity index (χ0n) is 22.1. The van der Waals surface area contributed by atoms with Crippen molar-refractivity contribution in [2.45, 2.75) is 6.54 Å². The molecule has 2 amide bonds. The van der Waals surface area contributed by atoms with Crippen LogP contribution in [0.3, 0.4) is 0 Å². The average Bonchev–Trinajstić information content (AvgIpc) is 3.41. The lowest BCUT2D eigenvalue weighted by molar-refractivity contribution is -0.117. The number of carbonyl (C=O) groups is 2. The third kappa shape index (κ3) is 6.62. The van der Waals surface area contributed by atoms with E-state index in [0.29, 0.717) is 16.5 Å². The van der Waals surface area contributed by atoms with Crippen molar-refractivity contribution in [2.75, 3.05) is 19.0 Å². The predicted molar refractivity (Wildman–Crippen MR) is 157 cm³/mol. The van der Waals surface area contributed by atoms with Crippen molar-refractivity contribution in [1.29, 1.82) is 0 Å². The van der Waals surface area contributed by atoms with Crippen molar-refractivity contribution in [1.82, 2.24) is 14.5 Å². The van der Waals surface area contributed by atoms with Gasteiger partial charge in [0.25, 0.3) is 5.91 Å². The number of halogens is 2. The number of imidazole rings is 1. The van der Waals surface area contributed by atoms with E-state index in [1.54, 1.807) is 48.2 Å². The molecule has 0 saturated heterocycles. The minimum atomic E-state index is -0.654. The van der Waals surface area contributed by atoms with Crippen molar-refractivity contribution in [2.24, 2.45) is 0 Å². The zero-order valence-corrected chi connectivity index (χ0v) is 22.9. The highest BCUT2D eigenvalue weighted by Crippen LogP contribution is 2.26. The summed E-state index contributed by atoms with van der Waals surface area (Å²) in [5.74, 6) is -0.807. The molecule has 1 aromatic heterocycles. The molecule has 0 spiro atoms. The molecule has 0 saturated carbocycles. The first-order valence-corrected chi connectivity index (χ1v) is 13.2. The van der Waals surface area contributed by atoms with Gasteiger partial charge >= 0.3 is 0 Å². The Morgan fingerprint density at radius 2 is 1.61 bits per heavy atom. The maximum Gasteiger partial charge on any atom is 0.257 e. The van der Waals surface area contributed by atoms with Gasteiger partial charge in [0.1, 0.15) is 18.1 Å². The van der Waals surface area contributed by atoms with Gasteiger partial charge in [-0.1, -0.05) is 66.2 Å². The van der Waals surface area contributed by atoms with Gasteiger partial charge in [0.15, 0.2) is 0 Å². The molecular weight excluding hydrogens is 543 g/mol. The van der Waals surface area contributed by atoms with Crippen LogP contribution < -0.4 is 10.1 Å². The van der Waals surface area contributed by atoms with Crippen LogP contribution in [0.2, 0.25) is 5.02 Å². The number of hydrogen-bond donors (Lipinski definition) is 1. The summed E-state index contributed by atoms with van der Waals surface area (Å²) in [5.41, 5.74) is 2.84. The lowest BCUT2D eigenvalue weighted by atomic mass is 10.1. The van der Waals surface area contributed by atoms with Gasteiger partial charge in [0, 0.05) is 29.0 Å². The molecule has 41 heavy (non-hydrogen) atoms. The fraction of sp³-hybridized carbons (Fsp3) is 0.0938. The second kappa shape index (κ2) is 12.5. The monoisotopic (exact) mass is 568 g/mol. The molecular formula is C32H26ClFN4O3. The summed E-state index contributed by atoms with van der Waals surface area (Å²) in [6.45, 7) is -0.210. The highest BCUT2D eigenvalue weighted by atomic mass is 35.5. The SMILES string of the molecule is COc1ccc(-n2cc(-c3ccc(Cl)cc3)nc2NC(=O)CN(Cc2ccccc2)C(=O)c2ccccc2F)cc1. The van der Waals surface area contributed by atoms with Gasteiger partial charge in [-0.25, -0.2) is 9.37 Å². The molecule has 9 heteroatoms. The quantitative estimate of drug-likeness (QED) is 0.217. The molecule has 0 aliphatic rings. The van der Waals surface area contributed by atoms with Gasteiger partial charge < -0.3 is 9.64 Å². The number of rotatable bonds is 9. The number of aromatic nitrogens is 2. The third-order valence-corrected chi connectivity index (χ3v) is 6.64. The number of benzene rings is 4. The van der Waals surface area contributed by atoms with E-state index in [-0.39, 0.29) is 24.6 Å². The summed E-state index contributed by atoms with van der Waals surface area (Å²) < 4.78 is 21.5. The number of anilines is 1. The Hall–Kier alpha value is -4.95. The van der Waals surface area contributed by atoms with Crippen LogP contribution in [0.4, 0.5) is 10.3 Å². The van der Waals surface area contributed by atoms with E-state index < -0.39 is 17.6 Å². The molecule has 0 bridgehead atoms. The molecule has 5 aromatic rings. The van der Waals surface area contributed by atoms with E-state index in [1.165, 1.54) is 23.1 Å². The first-order chi connectivity index (χ1) is 19.9. The number of ether oxygens (including phenoxy) is 1. The first-order valence-electron chi connectivity index (χ1n) is 12.8. The first kappa shape index (κ1) is 27.6. The summed E-state index contributed by atoms with van der Waals surface area (Å²) in [5, 5.41) is 3.44. The van der Waals surface area contributed by atoms with E-state index in [2.05, 4.69) is 10.3 Å². The second-order valence-corrected chi connectivity index (χ2v) is 9.64. The largest absolute Gasteiger partial charge is 0.497 e. The van der Waals surface area contributed by atoms with Crippen molar-refractivity contribution < 1.29 is 18.7 Å². The molecule has 0 atom stereocenters. The minimum absolute atomic E-state index is 0.110. The molecule has 7 nitrogen and oxygen atoms in total. The van der Waals surface area contributed by atoms with E-state index in [1.807, 2.05) is 54.6 Å². The Morgan fingerprint density at radius 1 is 0.927 bits per heavy atom. The van der Waals surface area contributed by atoms with Crippen LogP contribution in [0.5, 0.6) is 5.75 Å². The Morgan fingerprint density at radius 3 is 2.29 bits per heavy atom. The second-order valence-electron chi connectivity index (χ2n) is 9.20. The summed E-state index contributed by atoms with van der Waals surface area (Å²) in [6.07, 6.45) is 1.80. The van der Waals surface area contributed by atoms with Gasteiger partial charge in [-0.2, -0.15) is 0 Å². The highest BCUT2D eigenvalue weighted by Gasteiger charge is 2.23. The fourth-order valence-electron chi connectivity index (χ4n) is 4.31. The summed E-state index contributed by atoms with van der Waals surface area (Å²) >= 11 is 6.06. The standard InChI is InChI=1S/C32H26ClFN4O3/c1-41-26-17-15-25(16-18-26)38-20-29(23-11-13-24(33)14-12-23)35-32(38)36-30(39)21-37(19-22-7-3-2-4-8-22)31(40)27-9-5-6-10-28(27)34/h2-18,20H,19,21H2,1H3,(H,35,36,39). The van der Waals surface area contributed by atoms with Gasteiger partial charge in [0.2, 0.25) is 11.9 Å². The van der Waals surface area contributed by atoms with Crippen LogP contribution in [0.25, 0.3) is 16.9 Å². The Balaban J connectivity index is 1.45. The molecule has 0 aliphatic heterocycles. The third-order valence-electron chi connectivity index (χ3n) is 6.39. The molecule has 1 N–H and O–H groups in total. The molecule has 0 radical (unpaired) electrons. The van der Waals surface area contributed by atoms with Crippen LogP contribution in [-0.4, -0.2) is 39.9 Å². The highest BCUT2D eigenvalue weighted by molar-refractivity contribution is 6.30. The summed E-state index contributed by atoms with van der Waals surface area (Å²) in [4.78, 5) is 32.8. The van der Waals surface area contributed by atoms with E-state index >= 15 is 0 Å². The van der Waals surface area contributed by atoms with Gasteiger partial charge in [0.05, 0.1) is 18.4 Å². The topological polar surface area (TPSA) is 76.5 Å². The van der Waals surface area contributed by atoms with Crippen LogP contribution in [0.1, 0.15) is 15.9 Å². The molecule has 0 fully saturated rings. The number of nitrogens with one attached hydrogen (secondary N) is 1. The summed E-state index contributed by atoms with van der Waals surface area (Å²) in [7, 11) is 1.58. The van der Waals surface area contributed by atoms with E-state index in [0.717, 1.165) is 16.8 Å². The zero-order chi connectivity index (χ0) is 28.8. The number of nitrogens with zero attached hydrogens (tertiary/aromatic N) is 3. The minimum Gasteiger partial charge on any atom is -0.497 e. The maximum atomic E-state index is 14.5. The van der Waals surface area contributed by atoms with Gasteiger partial charge in [-0.05, 0) is 54.1 Å². The van der Waals surface area contributed by atoms with E-state index in [9.17, 15) is 14.0 Å². The van der Waals surface area contributed by atoms with E-state index in [4.69, 9.17) is 16.3 Å². The number of amides is 2. The lowest BCUT2D eigenvalue weighted by Crippen LogP contribution is -2.38. The molecule has 5 rings (SSSR count). The van der Waals surface area contributed by atoms with Crippen molar-refractivity contribution in [3.63, 3.8) is 0 Å². The Kier molecular flexibility index (Phi) is 8.41. The van der Waals surface area contributed by atoms with Crippen LogP contribution in [-0.2, 0) is 11.3 Å². The van der Waals surface area contributed by atoms with Crippen molar-refractivity contribution >= 4 is 29.4 Å². The molecule has 0 aliphatic carbocycles. The van der Waals surface area contributed by atoms with Crippen LogP contribution in [0.15, 0.2) is 109 Å². The Labute approximate surface area is 241 Å². The van der Waals surface area contributed by atoms with Crippen molar-refractivity contribution in [3.05, 3.63) is 131 Å². The maximum absolute atomic E-state index is 14.5.